The zero-order valence-corrected chi connectivity index (χ0v) is 16.0. The molecular weight excluding hydrogens is 314 g/mol. The van der Waals surface area contributed by atoms with Crippen LogP contribution in [0.2, 0.25) is 0 Å². The van der Waals surface area contributed by atoms with Crippen LogP contribution in [0, 0.1) is 5.41 Å². The first-order chi connectivity index (χ1) is 12.1. The molecule has 0 atom stereocenters. The van der Waals surface area contributed by atoms with Crippen molar-refractivity contribution >= 4 is 5.91 Å². The normalized spacial score (nSPS) is 16.1. The first-order valence-electron chi connectivity index (χ1n) is 9.52. The third-order valence-electron chi connectivity index (χ3n) is 5.50. The molecule has 140 valence electrons. The lowest BCUT2D eigenvalue weighted by Crippen LogP contribution is -2.54. The molecule has 25 heavy (non-hydrogen) atoms. The van der Waals surface area contributed by atoms with Crippen molar-refractivity contribution in [1.29, 1.82) is 0 Å². The van der Waals surface area contributed by atoms with Crippen molar-refractivity contribution in [3.63, 3.8) is 0 Å². The van der Waals surface area contributed by atoms with E-state index in [-0.39, 0.29) is 11.3 Å². The predicted molar refractivity (Wildman–Crippen MR) is 102 cm³/mol. The zero-order valence-electron chi connectivity index (χ0n) is 16.0. The molecule has 0 aliphatic carbocycles. The maximum Gasteiger partial charge on any atom is 0.230 e. The summed E-state index contributed by atoms with van der Waals surface area (Å²) in [6, 6.07) is 8.29. The number of benzene rings is 1. The molecule has 1 aromatic rings. The van der Waals surface area contributed by atoms with Gasteiger partial charge >= 0.3 is 0 Å². The van der Waals surface area contributed by atoms with Crippen LogP contribution in [-0.2, 0) is 11.3 Å². The number of nitrogens with two attached hydrogens (primary N) is 1. The van der Waals surface area contributed by atoms with Gasteiger partial charge in [0.1, 0.15) is 5.75 Å². The summed E-state index contributed by atoms with van der Waals surface area (Å²) in [6.45, 7) is 11.6. The SMILES string of the molecule is CCOc1ccc(CN2CCN(C(=O)C(CC)(CC)CN)CC2)cc1. The Kier molecular flexibility index (Phi) is 7.26. The number of hydrogen-bond acceptors (Lipinski definition) is 4. The quantitative estimate of drug-likeness (QED) is 0.785. The number of rotatable bonds is 8. The minimum atomic E-state index is -0.378. The number of amides is 1. The molecule has 1 amide bonds. The third kappa shape index (κ3) is 4.73. The Morgan fingerprint density at radius 1 is 1.08 bits per heavy atom. The highest BCUT2D eigenvalue weighted by atomic mass is 16.5. The Morgan fingerprint density at radius 3 is 2.16 bits per heavy atom. The molecule has 1 fully saturated rings. The van der Waals surface area contributed by atoms with E-state index >= 15 is 0 Å². The van der Waals surface area contributed by atoms with E-state index in [0.717, 1.165) is 51.3 Å². The molecule has 0 unspecified atom stereocenters. The second-order valence-corrected chi connectivity index (χ2v) is 6.84. The molecule has 0 bridgehead atoms. The number of ether oxygens (including phenoxy) is 1. The van der Waals surface area contributed by atoms with Gasteiger partial charge in [0.05, 0.1) is 12.0 Å². The predicted octanol–water partition coefficient (Wildman–Crippen LogP) is 2.49. The lowest BCUT2D eigenvalue weighted by atomic mass is 9.81. The van der Waals surface area contributed by atoms with E-state index in [4.69, 9.17) is 10.5 Å². The van der Waals surface area contributed by atoms with Gasteiger partial charge in [-0.05, 0) is 37.5 Å². The molecule has 5 nitrogen and oxygen atoms in total. The van der Waals surface area contributed by atoms with Gasteiger partial charge in [-0.1, -0.05) is 26.0 Å². The fraction of sp³-hybridized carbons (Fsp3) is 0.650. The average molecular weight is 348 g/mol. The largest absolute Gasteiger partial charge is 0.494 e. The second kappa shape index (κ2) is 9.20. The molecule has 0 aromatic heterocycles. The van der Waals surface area contributed by atoms with Crippen molar-refractivity contribution in [3.05, 3.63) is 29.8 Å². The van der Waals surface area contributed by atoms with Crippen LogP contribution in [0.25, 0.3) is 0 Å². The standard InChI is InChI=1S/C20H33N3O2/c1-4-20(5-2,16-21)19(24)23-13-11-22(12-14-23)15-17-7-9-18(10-8-17)25-6-3/h7-10H,4-6,11-16,21H2,1-3H3. The summed E-state index contributed by atoms with van der Waals surface area (Å²) in [5.41, 5.74) is 6.83. The first kappa shape index (κ1) is 19.7. The fourth-order valence-corrected chi connectivity index (χ4v) is 3.49. The van der Waals surface area contributed by atoms with Gasteiger partial charge in [-0.2, -0.15) is 0 Å². The first-order valence-corrected chi connectivity index (χ1v) is 9.52. The van der Waals surface area contributed by atoms with Crippen LogP contribution in [0.1, 0.15) is 39.2 Å². The van der Waals surface area contributed by atoms with Gasteiger partial charge in [0.2, 0.25) is 5.91 Å². The molecule has 2 rings (SSSR count). The zero-order chi connectivity index (χ0) is 18.3. The van der Waals surface area contributed by atoms with Gasteiger partial charge in [-0.3, -0.25) is 9.69 Å². The average Bonchev–Trinajstić information content (AvgIpc) is 2.66. The van der Waals surface area contributed by atoms with Crippen LogP contribution in [0.5, 0.6) is 5.75 Å². The van der Waals surface area contributed by atoms with Crippen LogP contribution >= 0.6 is 0 Å². The molecule has 2 N–H and O–H groups in total. The Morgan fingerprint density at radius 2 is 1.68 bits per heavy atom. The summed E-state index contributed by atoms with van der Waals surface area (Å²) in [6.07, 6.45) is 1.62. The van der Waals surface area contributed by atoms with Crippen molar-refractivity contribution in [2.45, 2.75) is 40.2 Å². The number of carbonyl (C=O) groups is 1. The van der Waals surface area contributed by atoms with Crippen molar-refractivity contribution in [2.24, 2.45) is 11.1 Å². The monoisotopic (exact) mass is 347 g/mol. The molecule has 1 aliphatic rings. The lowest BCUT2D eigenvalue weighted by molar-refractivity contribution is -0.144. The van der Waals surface area contributed by atoms with Crippen LogP contribution in [0.15, 0.2) is 24.3 Å². The summed E-state index contributed by atoms with van der Waals surface area (Å²) in [7, 11) is 0. The minimum Gasteiger partial charge on any atom is -0.494 e. The van der Waals surface area contributed by atoms with Crippen LogP contribution in [0.4, 0.5) is 0 Å². The van der Waals surface area contributed by atoms with Gasteiger partial charge in [0.15, 0.2) is 0 Å². The third-order valence-corrected chi connectivity index (χ3v) is 5.50. The van der Waals surface area contributed by atoms with E-state index in [1.165, 1.54) is 5.56 Å². The Hall–Kier alpha value is -1.59. The minimum absolute atomic E-state index is 0.237. The summed E-state index contributed by atoms with van der Waals surface area (Å²) in [5.74, 6) is 1.15. The van der Waals surface area contributed by atoms with Crippen molar-refractivity contribution in [2.75, 3.05) is 39.3 Å². The van der Waals surface area contributed by atoms with Crippen LogP contribution in [0.3, 0.4) is 0 Å². The van der Waals surface area contributed by atoms with Gasteiger partial charge in [0.25, 0.3) is 0 Å². The maximum absolute atomic E-state index is 12.9. The van der Waals surface area contributed by atoms with Gasteiger partial charge in [-0.15, -0.1) is 0 Å². The van der Waals surface area contributed by atoms with Crippen LogP contribution < -0.4 is 10.5 Å². The maximum atomic E-state index is 12.9. The van der Waals surface area contributed by atoms with E-state index in [2.05, 4.69) is 30.9 Å². The van der Waals surface area contributed by atoms with Crippen molar-refractivity contribution < 1.29 is 9.53 Å². The Balaban J connectivity index is 1.87. The number of nitrogens with zero attached hydrogens (tertiary/aromatic N) is 2. The molecule has 1 aliphatic heterocycles. The fourth-order valence-electron chi connectivity index (χ4n) is 3.49. The second-order valence-electron chi connectivity index (χ2n) is 6.84. The Labute approximate surface area is 152 Å². The van der Waals surface area contributed by atoms with Crippen molar-refractivity contribution in [1.82, 2.24) is 9.80 Å². The van der Waals surface area contributed by atoms with Gasteiger partial charge < -0.3 is 15.4 Å². The molecule has 1 saturated heterocycles. The van der Waals surface area contributed by atoms with E-state index in [0.29, 0.717) is 13.2 Å². The van der Waals surface area contributed by atoms with Gasteiger partial charge in [-0.25, -0.2) is 0 Å². The molecule has 0 saturated carbocycles. The van der Waals surface area contributed by atoms with E-state index in [9.17, 15) is 4.79 Å². The summed E-state index contributed by atoms with van der Waals surface area (Å²) < 4.78 is 5.49. The molecule has 1 aromatic carbocycles. The number of piperazine rings is 1. The highest BCUT2D eigenvalue weighted by Crippen LogP contribution is 2.28. The summed E-state index contributed by atoms with van der Waals surface area (Å²) in [4.78, 5) is 17.3. The topological polar surface area (TPSA) is 58.8 Å². The Bertz CT molecular complexity index is 524. The highest BCUT2D eigenvalue weighted by Gasteiger charge is 2.37. The summed E-state index contributed by atoms with van der Waals surface area (Å²) in [5, 5.41) is 0. The van der Waals surface area contributed by atoms with E-state index < -0.39 is 0 Å². The number of carbonyl (C=O) groups excluding carboxylic acids is 1. The molecule has 0 spiro atoms. The van der Waals surface area contributed by atoms with Crippen molar-refractivity contribution in [3.8, 4) is 5.75 Å². The van der Waals surface area contributed by atoms with Gasteiger partial charge in [0, 0.05) is 39.3 Å². The molecule has 5 heteroatoms. The molecular formula is C20H33N3O2. The lowest BCUT2D eigenvalue weighted by Gasteiger charge is -2.40. The molecule has 1 heterocycles. The number of hydrogen-bond donors (Lipinski definition) is 1. The van der Waals surface area contributed by atoms with E-state index in [1.54, 1.807) is 0 Å². The summed E-state index contributed by atoms with van der Waals surface area (Å²) >= 11 is 0. The molecule has 0 radical (unpaired) electrons. The van der Waals surface area contributed by atoms with Crippen LogP contribution in [-0.4, -0.2) is 55.0 Å². The highest BCUT2D eigenvalue weighted by molar-refractivity contribution is 5.83. The smallest absolute Gasteiger partial charge is 0.230 e. The van der Waals surface area contributed by atoms with E-state index in [1.807, 2.05) is 24.0 Å².